The monoisotopic (exact) mass is 420 g/mol. The lowest BCUT2D eigenvalue weighted by atomic mass is 9.46. The number of fused-ring (bicyclic) bond motifs is 7. The van der Waals surface area contributed by atoms with Gasteiger partial charge in [-0.3, -0.25) is 4.79 Å². The van der Waals surface area contributed by atoms with E-state index in [9.17, 15) is 19.8 Å². The van der Waals surface area contributed by atoms with Gasteiger partial charge in [0.2, 0.25) is 0 Å². The molecule has 2 N–H and O–H groups in total. The Morgan fingerprint density at radius 1 is 1.23 bits per heavy atom. The van der Waals surface area contributed by atoms with Crippen LogP contribution in [0.4, 0.5) is 4.39 Å². The Hall–Kier alpha value is -1.57. The van der Waals surface area contributed by atoms with Crippen LogP contribution in [0, 0.1) is 28.6 Å². The molecule has 4 unspecified atom stereocenters. The molecule has 164 valence electrons. The number of allylic oxidation sites excluding steroid dienone is 4. The summed E-state index contributed by atoms with van der Waals surface area (Å²) in [5.74, 6) is -3.07. The van der Waals surface area contributed by atoms with Gasteiger partial charge in [-0.15, -0.1) is 0 Å². The molecule has 0 bridgehead atoms. The smallest absolute Gasteiger partial charge is 0.339 e. The topological polar surface area (TPSA) is 93.1 Å². The number of hydrogen-bond donors (Lipinski definition) is 2. The van der Waals surface area contributed by atoms with Gasteiger partial charge >= 0.3 is 5.97 Å². The van der Waals surface area contributed by atoms with Crippen molar-refractivity contribution in [3.8, 4) is 0 Å². The van der Waals surface area contributed by atoms with E-state index in [0.29, 0.717) is 12.0 Å². The van der Waals surface area contributed by atoms with Crippen molar-refractivity contribution < 1.29 is 33.7 Å². The van der Waals surface area contributed by atoms with Crippen molar-refractivity contribution in [1.29, 1.82) is 0 Å². The molecule has 0 aromatic carbocycles. The second kappa shape index (κ2) is 5.81. The summed E-state index contributed by atoms with van der Waals surface area (Å²) in [6.07, 6.45) is 2.59. The normalized spacial score (nSPS) is 53.4. The van der Waals surface area contributed by atoms with Crippen LogP contribution in [-0.2, 0) is 19.1 Å². The van der Waals surface area contributed by atoms with Gasteiger partial charge in [-0.1, -0.05) is 19.9 Å². The fourth-order valence-electron chi connectivity index (χ4n) is 7.80. The fraction of sp³-hybridized carbons (Fsp3) is 0.739. The summed E-state index contributed by atoms with van der Waals surface area (Å²) in [5.41, 5.74) is -2.82. The van der Waals surface area contributed by atoms with E-state index in [4.69, 9.17) is 9.47 Å². The zero-order valence-corrected chi connectivity index (χ0v) is 17.7. The van der Waals surface area contributed by atoms with Gasteiger partial charge in [-0.2, -0.15) is 0 Å². The zero-order chi connectivity index (χ0) is 21.9. The highest BCUT2D eigenvalue weighted by Gasteiger charge is 2.78. The van der Waals surface area contributed by atoms with Crippen LogP contribution >= 0.6 is 0 Å². The number of aliphatic carboxylic acids is 1. The van der Waals surface area contributed by atoms with Gasteiger partial charge in [0, 0.05) is 16.7 Å². The molecule has 7 heteroatoms. The van der Waals surface area contributed by atoms with Gasteiger partial charge in [0.05, 0.1) is 6.10 Å². The van der Waals surface area contributed by atoms with Crippen LogP contribution in [0.25, 0.3) is 0 Å². The number of ketones is 1. The molecule has 1 saturated heterocycles. The number of carbonyl (C=O) groups is 2. The van der Waals surface area contributed by atoms with Crippen LogP contribution in [0.2, 0.25) is 0 Å². The molecular formula is C23H29FO6. The lowest BCUT2D eigenvalue weighted by molar-refractivity contribution is -0.234. The highest BCUT2D eigenvalue weighted by Crippen LogP contribution is 2.70. The number of carboxylic acids is 1. The summed E-state index contributed by atoms with van der Waals surface area (Å²) in [4.78, 5) is 24.5. The standard InChI is InChI=1S/C23H29FO6/c1-20(2)29-17-9-13-12-8-15(24)14-7-11(25)5-6-21(14,3)18(12)16(26)10-22(13,4)23(17,30-20)19(27)28/h5-7,12-13,15-18,26H,8-10H2,1-4H3,(H,27,28)/t12?,13?,15-,16?,17+,18?,21-,22-,23-/m0/s1. The van der Waals surface area contributed by atoms with E-state index in [1.165, 1.54) is 12.2 Å². The molecule has 30 heavy (non-hydrogen) atoms. The predicted molar refractivity (Wildman–Crippen MR) is 104 cm³/mol. The average molecular weight is 420 g/mol. The molecule has 1 heterocycles. The third kappa shape index (κ3) is 2.24. The number of halogens is 1. The van der Waals surface area contributed by atoms with Crippen molar-refractivity contribution in [3.05, 3.63) is 23.8 Å². The van der Waals surface area contributed by atoms with Gasteiger partial charge in [-0.25, -0.2) is 9.18 Å². The number of carbonyl (C=O) groups excluding carboxylic acids is 1. The van der Waals surface area contributed by atoms with Crippen LogP contribution < -0.4 is 0 Å². The molecule has 6 nitrogen and oxygen atoms in total. The van der Waals surface area contributed by atoms with Crippen molar-refractivity contribution >= 4 is 11.8 Å². The molecule has 0 aromatic rings. The van der Waals surface area contributed by atoms with Crippen LogP contribution in [0.1, 0.15) is 47.0 Å². The largest absolute Gasteiger partial charge is 0.479 e. The second-order valence-corrected chi connectivity index (χ2v) is 10.7. The Labute approximate surface area is 175 Å². The van der Waals surface area contributed by atoms with Crippen LogP contribution in [0.5, 0.6) is 0 Å². The molecule has 0 amide bonds. The second-order valence-electron chi connectivity index (χ2n) is 10.7. The first-order valence-corrected chi connectivity index (χ1v) is 10.7. The van der Waals surface area contributed by atoms with Gasteiger partial charge in [0.15, 0.2) is 17.2 Å². The molecule has 9 atom stereocenters. The Morgan fingerprint density at radius 3 is 2.60 bits per heavy atom. The first kappa shape index (κ1) is 20.3. The Bertz CT molecular complexity index is 894. The molecule has 0 aromatic heterocycles. The lowest BCUT2D eigenvalue weighted by Crippen LogP contribution is -2.64. The average Bonchev–Trinajstić information content (AvgIpc) is 3.03. The van der Waals surface area contributed by atoms with Crippen molar-refractivity contribution in [1.82, 2.24) is 0 Å². The Morgan fingerprint density at radius 2 is 1.93 bits per heavy atom. The summed E-state index contributed by atoms with van der Waals surface area (Å²) >= 11 is 0. The van der Waals surface area contributed by atoms with Gasteiger partial charge in [0.25, 0.3) is 0 Å². The summed E-state index contributed by atoms with van der Waals surface area (Å²) in [6.45, 7) is 7.15. The quantitative estimate of drug-likeness (QED) is 0.678. The molecule has 1 aliphatic heterocycles. The Balaban J connectivity index is 1.61. The van der Waals surface area contributed by atoms with E-state index in [1.54, 1.807) is 19.9 Å². The highest BCUT2D eigenvalue weighted by molar-refractivity contribution is 6.01. The van der Waals surface area contributed by atoms with E-state index >= 15 is 4.39 Å². The number of aliphatic hydroxyl groups excluding tert-OH is 1. The fourth-order valence-corrected chi connectivity index (χ4v) is 7.80. The summed E-state index contributed by atoms with van der Waals surface area (Å²) in [5, 5.41) is 21.7. The number of alkyl halides is 1. The molecule has 3 saturated carbocycles. The van der Waals surface area contributed by atoms with E-state index in [-0.39, 0.29) is 36.4 Å². The van der Waals surface area contributed by atoms with E-state index in [0.717, 1.165) is 0 Å². The Kier molecular flexibility index (Phi) is 3.94. The lowest BCUT2D eigenvalue weighted by Gasteiger charge is -2.60. The van der Waals surface area contributed by atoms with Crippen LogP contribution in [-0.4, -0.2) is 51.7 Å². The minimum atomic E-state index is -1.58. The maximum Gasteiger partial charge on any atom is 0.339 e. The zero-order valence-electron chi connectivity index (χ0n) is 17.7. The summed E-state index contributed by atoms with van der Waals surface area (Å²) in [6, 6.07) is 0. The number of ether oxygens (including phenoxy) is 2. The van der Waals surface area contributed by atoms with E-state index in [2.05, 4.69) is 0 Å². The number of aliphatic hydroxyl groups is 1. The molecule has 0 spiro atoms. The number of carboxylic acid groups (broad SMARTS) is 1. The number of rotatable bonds is 1. The van der Waals surface area contributed by atoms with Crippen molar-refractivity contribution in [2.24, 2.45) is 28.6 Å². The third-order valence-electron chi connectivity index (χ3n) is 8.79. The number of hydrogen-bond acceptors (Lipinski definition) is 5. The van der Waals surface area contributed by atoms with Crippen molar-refractivity contribution in [2.75, 3.05) is 0 Å². The van der Waals surface area contributed by atoms with Crippen molar-refractivity contribution in [2.45, 2.75) is 76.7 Å². The van der Waals surface area contributed by atoms with E-state index < -0.39 is 46.6 Å². The minimum absolute atomic E-state index is 0.163. The molecule has 4 fully saturated rings. The first-order valence-electron chi connectivity index (χ1n) is 10.7. The third-order valence-corrected chi connectivity index (χ3v) is 8.79. The maximum atomic E-state index is 15.4. The van der Waals surface area contributed by atoms with E-state index in [1.807, 2.05) is 13.8 Å². The SMILES string of the molecule is CC1(C)O[C@@H]2CC3C4C[C@H](F)C5=CC(=O)C=C[C@]5(C)C4C(O)C[C@]3(C)[C@]2(C(=O)O)O1. The predicted octanol–water partition coefficient (Wildman–Crippen LogP) is 2.80. The summed E-state index contributed by atoms with van der Waals surface area (Å²) in [7, 11) is 0. The molecule has 5 rings (SSSR count). The molecule has 5 aliphatic rings. The molecule has 4 aliphatic carbocycles. The van der Waals surface area contributed by atoms with Gasteiger partial charge in [-0.05, 0) is 62.7 Å². The maximum absolute atomic E-state index is 15.4. The molecule has 0 radical (unpaired) electrons. The summed E-state index contributed by atoms with van der Waals surface area (Å²) < 4.78 is 27.5. The van der Waals surface area contributed by atoms with Crippen LogP contribution in [0.3, 0.4) is 0 Å². The van der Waals surface area contributed by atoms with Gasteiger partial charge in [0.1, 0.15) is 12.3 Å². The molecular weight excluding hydrogens is 391 g/mol. The minimum Gasteiger partial charge on any atom is -0.479 e. The van der Waals surface area contributed by atoms with Crippen LogP contribution in [0.15, 0.2) is 23.8 Å². The highest BCUT2D eigenvalue weighted by atomic mass is 19.1. The van der Waals surface area contributed by atoms with Gasteiger partial charge < -0.3 is 19.7 Å². The first-order chi connectivity index (χ1) is 13.9. The van der Waals surface area contributed by atoms with Crippen molar-refractivity contribution in [3.63, 3.8) is 0 Å².